The molecule has 112 valence electrons. The van der Waals surface area contributed by atoms with E-state index in [1.807, 2.05) is 38.1 Å². The van der Waals surface area contributed by atoms with Crippen LogP contribution < -0.4 is 4.72 Å². The van der Waals surface area contributed by atoms with Crippen LogP contribution in [0.5, 0.6) is 0 Å². The fourth-order valence-corrected chi connectivity index (χ4v) is 3.29. The molecule has 2 aromatic rings. The molecular formula is C15H19N3O2S. The van der Waals surface area contributed by atoms with E-state index in [0.29, 0.717) is 0 Å². The van der Waals surface area contributed by atoms with Gasteiger partial charge < -0.3 is 0 Å². The molecule has 0 saturated heterocycles. The van der Waals surface area contributed by atoms with Crippen LogP contribution in [0.15, 0.2) is 42.9 Å². The van der Waals surface area contributed by atoms with Crippen LogP contribution in [0.2, 0.25) is 0 Å². The lowest BCUT2D eigenvalue weighted by Gasteiger charge is -2.09. The number of pyridine rings is 2. The lowest BCUT2D eigenvalue weighted by Crippen LogP contribution is -2.28. The van der Waals surface area contributed by atoms with Gasteiger partial charge in [-0.25, -0.2) is 13.1 Å². The van der Waals surface area contributed by atoms with Crippen molar-refractivity contribution in [2.45, 2.75) is 20.4 Å². The molecule has 0 atom stereocenters. The second-order valence-corrected chi connectivity index (χ2v) is 7.14. The van der Waals surface area contributed by atoms with Crippen LogP contribution in [-0.2, 0) is 16.6 Å². The number of nitrogens with zero attached hydrogens (tertiary/aromatic N) is 2. The lowest BCUT2D eigenvalue weighted by atomic mass is 10.1. The number of rotatable bonds is 6. The largest absolute Gasteiger partial charge is 0.264 e. The summed E-state index contributed by atoms with van der Waals surface area (Å²) in [7, 11) is -3.23. The third-order valence-electron chi connectivity index (χ3n) is 2.83. The molecule has 21 heavy (non-hydrogen) atoms. The summed E-state index contributed by atoms with van der Waals surface area (Å²) >= 11 is 0. The zero-order chi connectivity index (χ0) is 15.3. The van der Waals surface area contributed by atoms with Crippen molar-refractivity contribution in [1.82, 2.24) is 14.7 Å². The van der Waals surface area contributed by atoms with E-state index in [4.69, 9.17) is 0 Å². The molecule has 2 heterocycles. The van der Waals surface area contributed by atoms with Gasteiger partial charge in [-0.1, -0.05) is 19.9 Å². The molecule has 0 saturated carbocycles. The minimum absolute atomic E-state index is 0.105. The van der Waals surface area contributed by atoms with Crippen molar-refractivity contribution < 1.29 is 8.42 Å². The maximum absolute atomic E-state index is 11.8. The van der Waals surface area contributed by atoms with Crippen LogP contribution in [0.25, 0.3) is 11.3 Å². The molecule has 5 nitrogen and oxygen atoms in total. The molecule has 0 unspecified atom stereocenters. The number of hydrogen-bond acceptors (Lipinski definition) is 4. The molecule has 0 aromatic carbocycles. The minimum atomic E-state index is -3.23. The molecule has 0 amide bonds. The summed E-state index contributed by atoms with van der Waals surface area (Å²) in [6.07, 6.45) is 5.13. The maximum Gasteiger partial charge on any atom is 0.212 e. The van der Waals surface area contributed by atoms with Crippen molar-refractivity contribution in [2.75, 3.05) is 5.75 Å². The Bertz CT molecular complexity index is 668. The molecule has 2 rings (SSSR count). The van der Waals surface area contributed by atoms with Crippen molar-refractivity contribution in [3.63, 3.8) is 0 Å². The molecule has 6 heteroatoms. The Morgan fingerprint density at radius 3 is 2.57 bits per heavy atom. The Kier molecular flexibility index (Phi) is 5.03. The molecule has 1 N–H and O–H groups in total. The molecule has 0 radical (unpaired) electrons. The van der Waals surface area contributed by atoms with E-state index in [1.165, 1.54) is 0 Å². The van der Waals surface area contributed by atoms with E-state index in [0.717, 1.165) is 16.8 Å². The first-order valence-corrected chi connectivity index (χ1v) is 8.44. The van der Waals surface area contributed by atoms with Gasteiger partial charge in [0.2, 0.25) is 10.0 Å². The highest BCUT2D eigenvalue weighted by molar-refractivity contribution is 7.89. The van der Waals surface area contributed by atoms with Crippen molar-refractivity contribution in [2.24, 2.45) is 5.92 Å². The van der Waals surface area contributed by atoms with Gasteiger partial charge in [-0.15, -0.1) is 0 Å². The SMILES string of the molecule is CC(C)CS(=O)(=O)NCc1ccc(-c2cccnc2)nc1. The van der Waals surface area contributed by atoms with Gasteiger partial charge in [0.1, 0.15) is 0 Å². The van der Waals surface area contributed by atoms with Gasteiger partial charge >= 0.3 is 0 Å². The fraction of sp³-hybridized carbons (Fsp3) is 0.333. The number of hydrogen-bond donors (Lipinski definition) is 1. The fourth-order valence-electron chi connectivity index (χ4n) is 1.91. The molecule has 0 fully saturated rings. The van der Waals surface area contributed by atoms with E-state index in [9.17, 15) is 8.42 Å². The van der Waals surface area contributed by atoms with E-state index in [-0.39, 0.29) is 18.2 Å². The zero-order valence-corrected chi connectivity index (χ0v) is 13.0. The van der Waals surface area contributed by atoms with Gasteiger partial charge in [-0.05, 0) is 29.7 Å². The van der Waals surface area contributed by atoms with E-state index in [2.05, 4.69) is 14.7 Å². The first-order valence-electron chi connectivity index (χ1n) is 6.79. The zero-order valence-electron chi connectivity index (χ0n) is 12.2. The summed E-state index contributed by atoms with van der Waals surface area (Å²) < 4.78 is 26.1. The third kappa shape index (κ3) is 4.91. The summed E-state index contributed by atoms with van der Waals surface area (Å²) in [5.41, 5.74) is 2.58. The molecule has 0 aliphatic heterocycles. The van der Waals surface area contributed by atoms with Gasteiger partial charge in [0.15, 0.2) is 0 Å². The monoisotopic (exact) mass is 305 g/mol. The first kappa shape index (κ1) is 15.6. The third-order valence-corrected chi connectivity index (χ3v) is 4.52. The number of nitrogens with one attached hydrogen (secondary N) is 1. The summed E-state index contributed by atoms with van der Waals surface area (Å²) in [6.45, 7) is 4.02. The Morgan fingerprint density at radius 2 is 2.00 bits per heavy atom. The summed E-state index contributed by atoms with van der Waals surface area (Å²) in [5.74, 6) is 0.238. The second kappa shape index (κ2) is 6.78. The van der Waals surface area contributed by atoms with E-state index < -0.39 is 10.0 Å². The standard InChI is InChI=1S/C15H19N3O2S/c1-12(2)11-21(19,20)18-9-13-5-6-15(17-8-13)14-4-3-7-16-10-14/h3-8,10,12,18H,9,11H2,1-2H3. The highest BCUT2D eigenvalue weighted by atomic mass is 32.2. The van der Waals surface area contributed by atoms with Crippen molar-refractivity contribution in [1.29, 1.82) is 0 Å². The predicted octanol–water partition coefficient (Wildman–Crippen LogP) is 2.22. The van der Waals surface area contributed by atoms with Crippen LogP contribution in [-0.4, -0.2) is 24.1 Å². The summed E-state index contributed by atoms with van der Waals surface area (Å²) in [4.78, 5) is 8.38. The van der Waals surface area contributed by atoms with Crippen LogP contribution in [0, 0.1) is 5.92 Å². The van der Waals surface area contributed by atoms with Crippen molar-refractivity contribution in [3.05, 3.63) is 48.4 Å². The quantitative estimate of drug-likeness (QED) is 0.888. The maximum atomic E-state index is 11.8. The Balaban J connectivity index is 2.00. The number of aromatic nitrogens is 2. The smallest absolute Gasteiger partial charge is 0.212 e. The highest BCUT2D eigenvalue weighted by Crippen LogP contribution is 2.15. The minimum Gasteiger partial charge on any atom is -0.264 e. The molecule has 0 spiro atoms. The van der Waals surface area contributed by atoms with Gasteiger partial charge in [0, 0.05) is 30.7 Å². The molecule has 0 aliphatic carbocycles. The van der Waals surface area contributed by atoms with Crippen molar-refractivity contribution in [3.8, 4) is 11.3 Å². The summed E-state index contributed by atoms with van der Waals surface area (Å²) in [6, 6.07) is 7.52. The van der Waals surface area contributed by atoms with E-state index >= 15 is 0 Å². The van der Waals surface area contributed by atoms with Gasteiger partial charge in [0.25, 0.3) is 0 Å². The predicted molar refractivity (Wildman–Crippen MR) is 82.9 cm³/mol. The lowest BCUT2D eigenvalue weighted by molar-refractivity contribution is 0.568. The van der Waals surface area contributed by atoms with Crippen LogP contribution in [0.3, 0.4) is 0 Å². The molecular weight excluding hydrogens is 286 g/mol. The number of sulfonamides is 1. The van der Waals surface area contributed by atoms with Crippen molar-refractivity contribution >= 4 is 10.0 Å². The van der Waals surface area contributed by atoms with Crippen LogP contribution in [0.4, 0.5) is 0 Å². The normalized spacial score (nSPS) is 11.8. The van der Waals surface area contributed by atoms with Gasteiger partial charge in [-0.2, -0.15) is 0 Å². The first-order chi connectivity index (χ1) is 9.96. The summed E-state index contributed by atoms with van der Waals surface area (Å²) in [5, 5.41) is 0. The Labute approximate surface area is 125 Å². The van der Waals surface area contributed by atoms with Gasteiger partial charge in [-0.3, -0.25) is 9.97 Å². The molecule has 0 aliphatic rings. The average molecular weight is 305 g/mol. The van der Waals surface area contributed by atoms with E-state index in [1.54, 1.807) is 18.6 Å². The Hall–Kier alpha value is -1.79. The second-order valence-electron chi connectivity index (χ2n) is 5.29. The molecule has 0 bridgehead atoms. The highest BCUT2D eigenvalue weighted by Gasteiger charge is 2.12. The topological polar surface area (TPSA) is 72.0 Å². The average Bonchev–Trinajstić information content (AvgIpc) is 2.45. The van der Waals surface area contributed by atoms with Gasteiger partial charge in [0.05, 0.1) is 11.4 Å². The van der Waals surface area contributed by atoms with Crippen LogP contribution >= 0.6 is 0 Å². The molecule has 2 aromatic heterocycles. The van der Waals surface area contributed by atoms with Crippen LogP contribution in [0.1, 0.15) is 19.4 Å². The Morgan fingerprint density at radius 1 is 1.19 bits per heavy atom.